The first-order chi connectivity index (χ1) is 7.27. The van der Waals surface area contributed by atoms with E-state index in [4.69, 9.17) is 0 Å². The molecule has 82 valence electrons. The highest BCUT2D eigenvalue weighted by molar-refractivity contribution is 5.83. The van der Waals surface area contributed by atoms with Crippen LogP contribution >= 0.6 is 0 Å². The molecule has 2 fully saturated rings. The Hall–Kier alpha value is -0.630. The van der Waals surface area contributed by atoms with Crippen molar-refractivity contribution in [2.24, 2.45) is 11.3 Å². The van der Waals surface area contributed by atoms with E-state index >= 15 is 0 Å². The summed E-state index contributed by atoms with van der Waals surface area (Å²) >= 11 is 0. The van der Waals surface area contributed by atoms with E-state index in [1.807, 2.05) is 0 Å². The molecule has 0 bridgehead atoms. The van der Waals surface area contributed by atoms with Gasteiger partial charge >= 0.3 is 0 Å². The van der Waals surface area contributed by atoms with Gasteiger partial charge in [0.15, 0.2) is 0 Å². The van der Waals surface area contributed by atoms with Crippen LogP contribution in [-0.4, -0.2) is 29.8 Å². The molecule has 3 rings (SSSR count). The van der Waals surface area contributed by atoms with E-state index in [0.29, 0.717) is 23.2 Å². The smallest absolute Gasteiger partial charge is 0.137 e. The van der Waals surface area contributed by atoms with E-state index in [2.05, 4.69) is 24.0 Å². The summed E-state index contributed by atoms with van der Waals surface area (Å²) in [4.78, 5) is 14.4. The molecular weight excluding hydrogens is 186 g/mol. The maximum absolute atomic E-state index is 11.9. The molecule has 1 aliphatic carbocycles. The van der Waals surface area contributed by atoms with E-state index in [0.717, 1.165) is 32.4 Å². The SMILES string of the molecule is CC[C@@]12C=CCN3CC[C@@H](C(=O)CC1)[C@H]32. The van der Waals surface area contributed by atoms with E-state index in [1.165, 1.54) is 6.42 Å². The topological polar surface area (TPSA) is 20.3 Å². The van der Waals surface area contributed by atoms with Crippen LogP contribution in [0.15, 0.2) is 12.2 Å². The van der Waals surface area contributed by atoms with Gasteiger partial charge in [0.05, 0.1) is 0 Å². The molecule has 0 aromatic rings. The van der Waals surface area contributed by atoms with Crippen LogP contribution in [0, 0.1) is 11.3 Å². The fourth-order valence-electron chi connectivity index (χ4n) is 3.96. The van der Waals surface area contributed by atoms with Crippen molar-refractivity contribution < 1.29 is 4.79 Å². The van der Waals surface area contributed by atoms with Crippen molar-refractivity contribution in [3.63, 3.8) is 0 Å². The Morgan fingerprint density at radius 2 is 2.47 bits per heavy atom. The summed E-state index contributed by atoms with van der Waals surface area (Å²) in [6.45, 7) is 4.47. The average molecular weight is 205 g/mol. The Balaban J connectivity index is 2.03. The minimum Gasteiger partial charge on any atom is -0.299 e. The van der Waals surface area contributed by atoms with E-state index in [9.17, 15) is 4.79 Å². The first-order valence-corrected chi connectivity index (χ1v) is 6.21. The molecule has 2 heteroatoms. The summed E-state index contributed by atoms with van der Waals surface area (Å²) in [6, 6.07) is 0.536. The van der Waals surface area contributed by atoms with E-state index in [1.54, 1.807) is 0 Å². The quantitative estimate of drug-likeness (QED) is 0.610. The fraction of sp³-hybridized carbons (Fsp3) is 0.769. The third-order valence-corrected chi connectivity index (χ3v) is 4.79. The van der Waals surface area contributed by atoms with Gasteiger partial charge in [-0.2, -0.15) is 0 Å². The van der Waals surface area contributed by atoms with Gasteiger partial charge in [0, 0.05) is 30.3 Å². The number of Topliss-reactive ketones (excluding diaryl/α,β-unsaturated/α-hetero) is 1. The summed E-state index contributed by atoms with van der Waals surface area (Å²) in [6.07, 6.45) is 8.92. The van der Waals surface area contributed by atoms with Crippen molar-refractivity contribution in [1.29, 1.82) is 0 Å². The molecule has 1 saturated carbocycles. The second kappa shape index (κ2) is 3.18. The predicted octanol–water partition coefficient (Wildman–Crippen LogP) is 2.01. The molecule has 15 heavy (non-hydrogen) atoms. The normalized spacial score (nSPS) is 44.5. The van der Waals surface area contributed by atoms with Crippen molar-refractivity contribution in [2.45, 2.75) is 38.6 Å². The highest BCUT2D eigenvalue weighted by Crippen LogP contribution is 2.50. The Morgan fingerprint density at radius 3 is 3.27 bits per heavy atom. The van der Waals surface area contributed by atoms with Crippen molar-refractivity contribution in [1.82, 2.24) is 4.90 Å². The second-order valence-electron chi connectivity index (χ2n) is 5.29. The minimum absolute atomic E-state index is 0.327. The van der Waals surface area contributed by atoms with Gasteiger partial charge in [-0.3, -0.25) is 9.69 Å². The molecule has 2 nitrogen and oxygen atoms in total. The van der Waals surface area contributed by atoms with Crippen molar-refractivity contribution in [2.75, 3.05) is 13.1 Å². The molecule has 2 heterocycles. The highest BCUT2D eigenvalue weighted by Gasteiger charge is 2.53. The summed E-state index contributed by atoms with van der Waals surface area (Å²) in [7, 11) is 0. The van der Waals surface area contributed by atoms with E-state index in [-0.39, 0.29) is 0 Å². The Bertz CT molecular complexity index is 322. The third kappa shape index (κ3) is 1.17. The number of carbonyl (C=O) groups excluding carboxylic acids is 1. The van der Waals surface area contributed by atoms with Crippen LogP contribution < -0.4 is 0 Å². The number of rotatable bonds is 1. The fourth-order valence-corrected chi connectivity index (χ4v) is 3.96. The molecule has 0 aromatic heterocycles. The first kappa shape index (κ1) is 9.59. The lowest BCUT2D eigenvalue weighted by atomic mass is 9.63. The Kier molecular flexibility index (Phi) is 2.03. The maximum Gasteiger partial charge on any atom is 0.137 e. The summed E-state index contributed by atoms with van der Waals surface area (Å²) in [5, 5.41) is 0. The monoisotopic (exact) mass is 205 g/mol. The molecule has 0 amide bonds. The van der Waals surface area contributed by atoms with Crippen LogP contribution in [-0.2, 0) is 4.79 Å². The largest absolute Gasteiger partial charge is 0.299 e. The van der Waals surface area contributed by atoms with Crippen LogP contribution in [0.5, 0.6) is 0 Å². The van der Waals surface area contributed by atoms with E-state index < -0.39 is 0 Å². The van der Waals surface area contributed by atoms with Gasteiger partial charge in [-0.05, 0) is 25.8 Å². The standard InChI is InChI=1S/C13H19NO/c1-2-13-6-3-8-14-9-5-10(12(13)14)11(15)4-7-13/h3,6,10,12H,2,4-5,7-9H2,1H3/t10-,12-,13+/m0/s1. The molecule has 1 saturated heterocycles. The summed E-state index contributed by atoms with van der Waals surface area (Å²) in [5.41, 5.74) is 0.327. The van der Waals surface area contributed by atoms with Gasteiger partial charge in [0.1, 0.15) is 5.78 Å². The Labute approximate surface area is 91.3 Å². The molecule has 0 unspecified atom stereocenters. The summed E-state index contributed by atoms with van der Waals surface area (Å²) in [5.74, 6) is 0.880. The van der Waals surface area contributed by atoms with Crippen molar-refractivity contribution in [3.8, 4) is 0 Å². The molecule has 0 N–H and O–H groups in total. The van der Waals surface area contributed by atoms with Gasteiger partial charge in [0.2, 0.25) is 0 Å². The number of hydrogen-bond acceptors (Lipinski definition) is 2. The van der Waals surface area contributed by atoms with Gasteiger partial charge in [-0.1, -0.05) is 19.1 Å². The lowest BCUT2D eigenvalue weighted by Crippen LogP contribution is -2.53. The van der Waals surface area contributed by atoms with Crippen LogP contribution in [0.4, 0.5) is 0 Å². The Morgan fingerprint density at radius 1 is 1.60 bits per heavy atom. The average Bonchev–Trinajstić information content (AvgIpc) is 2.70. The summed E-state index contributed by atoms with van der Waals surface area (Å²) < 4.78 is 0. The van der Waals surface area contributed by atoms with Crippen molar-refractivity contribution >= 4 is 5.78 Å². The van der Waals surface area contributed by atoms with Gasteiger partial charge in [0.25, 0.3) is 0 Å². The first-order valence-electron chi connectivity index (χ1n) is 6.21. The van der Waals surface area contributed by atoms with Gasteiger partial charge in [-0.15, -0.1) is 0 Å². The van der Waals surface area contributed by atoms with Crippen LogP contribution in [0.25, 0.3) is 0 Å². The van der Waals surface area contributed by atoms with Gasteiger partial charge < -0.3 is 0 Å². The molecular formula is C13H19NO. The molecule has 3 atom stereocenters. The molecule has 0 spiro atoms. The zero-order valence-electron chi connectivity index (χ0n) is 9.41. The van der Waals surface area contributed by atoms with Crippen LogP contribution in [0.3, 0.4) is 0 Å². The molecule has 3 aliphatic rings. The third-order valence-electron chi connectivity index (χ3n) is 4.79. The number of ketones is 1. The zero-order valence-corrected chi connectivity index (χ0v) is 9.41. The zero-order chi connectivity index (χ0) is 10.5. The highest BCUT2D eigenvalue weighted by atomic mass is 16.1. The lowest BCUT2D eigenvalue weighted by molar-refractivity contribution is -0.129. The number of nitrogens with zero attached hydrogens (tertiary/aromatic N) is 1. The molecule has 0 aromatic carbocycles. The lowest BCUT2D eigenvalue weighted by Gasteiger charge is -2.48. The number of carbonyl (C=O) groups is 1. The molecule has 0 radical (unpaired) electrons. The molecule has 2 aliphatic heterocycles. The van der Waals surface area contributed by atoms with Gasteiger partial charge in [-0.25, -0.2) is 0 Å². The second-order valence-corrected chi connectivity index (χ2v) is 5.29. The van der Waals surface area contributed by atoms with Crippen molar-refractivity contribution in [3.05, 3.63) is 12.2 Å². The van der Waals surface area contributed by atoms with Crippen LogP contribution in [0.2, 0.25) is 0 Å². The maximum atomic E-state index is 11.9. The minimum atomic E-state index is 0.327. The number of hydrogen-bond donors (Lipinski definition) is 0. The predicted molar refractivity (Wildman–Crippen MR) is 59.6 cm³/mol. The van der Waals surface area contributed by atoms with Crippen LogP contribution in [0.1, 0.15) is 32.6 Å².